The zero-order chi connectivity index (χ0) is 18.4. The van der Waals surface area contributed by atoms with Crippen LogP contribution in [0, 0.1) is 5.82 Å². The van der Waals surface area contributed by atoms with Gasteiger partial charge in [-0.1, -0.05) is 12.1 Å². The number of hydrogen-bond acceptors (Lipinski definition) is 3. The fraction of sp³-hybridized carbons (Fsp3) is 0.286. The maximum Gasteiger partial charge on any atom is 0.271 e. The minimum Gasteiger partial charge on any atom is -0.468 e. The smallest absolute Gasteiger partial charge is 0.271 e. The quantitative estimate of drug-likeness (QED) is 0.712. The van der Waals surface area contributed by atoms with Gasteiger partial charge < -0.3 is 13.9 Å². The van der Waals surface area contributed by atoms with Gasteiger partial charge in [-0.05, 0) is 42.0 Å². The number of halogens is 1. The van der Waals surface area contributed by atoms with Gasteiger partial charge in [0.25, 0.3) is 5.91 Å². The number of aromatic nitrogens is 1. The lowest BCUT2D eigenvalue weighted by atomic mass is 10.0. The van der Waals surface area contributed by atoms with Gasteiger partial charge in [-0.3, -0.25) is 9.69 Å². The summed E-state index contributed by atoms with van der Waals surface area (Å²) in [5.41, 5.74) is 1.66. The summed E-state index contributed by atoms with van der Waals surface area (Å²) in [7, 11) is 0. The Kier molecular flexibility index (Phi) is 3.86. The number of hydrogen-bond donors (Lipinski definition) is 0. The summed E-state index contributed by atoms with van der Waals surface area (Å²) >= 11 is 0. The Labute approximate surface area is 156 Å². The van der Waals surface area contributed by atoms with Crippen molar-refractivity contribution in [2.75, 3.05) is 13.1 Å². The van der Waals surface area contributed by atoms with Crippen LogP contribution in [0.15, 0.2) is 65.4 Å². The highest BCUT2D eigenvalue weighted by Gasteiger charge is 2.44. The van der Waals surface area contributed by atoms with E-state index >= 15 is 0 Å². The molecule has 5 rings (SSSR count). The number of furan rings is 1. The van der Waals surface area contributed by atoms with E-state index in [1.54, 1.807) is 18.4 Å². The van der Waals surface area contributed by atoms with Crippen molar-refractivity contribution >= 4 is 5.91 Å². The van der Waals surface area contributed by atoms with E-state index in [9.17, 15) is 9.18 Å². The summed E-state index contributed by atoms with van der Waals surface area (Å²) in [5.74, 6) is 0.698. The fourth-order valence-corrected chi connectivity index (χ4v) is 4.32. The number of carbonyl (C=O) groups is 1. The molecule has 2 atom stereocenters. The third-order valence-electron chi connectivity index (χ3n) is 5.58. The van der Waals surface area contributed by atoms with Gasteiger partial charge in [0.2, 0.25) is 0 Å². The van der Waals surface area contributed by atoms with Crippen LogP contribution in [0.3, 0.4) is 0 Å². The van der Waals surface area contributed by atoms with Gasteiger partial charge >= 0.3 is 0 Å². The number of carbonyl (C=O) groups excluding carboxylic acids is 1. The minimum absolute atomic E-state index is 0.0328. The van der Waals surface area contributed by atoms with Crippen LogP contribution in [0.1, 0.15) is 27.9 Å². The first-order chi connectivity index (χ1) is 13.2. The predicted octanol–water partition coefficient (Wildman–Crippen LogP) is 3.30. The summed E-state index contributed by atoms with van der Waals surface area (Å²) < 4.78 is 20.8. The van der Waals surface area contributed by atoms with Crippen molar-refractivity contribution in [3.8, 4) is 0 Å². The molecule has 6 heteroatoms. The van der Waals surface area contributed by atoms with E-state index in [4.69, 9.17) is 4.42 Å². The van der Waals surface area contributed by atoms with Crippen molar-refractivity contribution in [1.29, 1.82) is 0 Å². The maximum atomic E-state index is 13.2. The molecule has 2 aliphatic heterocycles. The second-order valence-corrected chi connectivity index (χ2v) is 7.27. The van der Waals surface area contributed by atoms with E-state index in [0.717, 1.165) is 36.7 Å². The van der Waals surface area contributed by atoms with E-state index in [0.29, 0.717) is 6.54 Å². The average Bonchev–Trinajstić information content (AvgIpc) is 3.40. The zero-order valence-electron chi connectivity index (χ0n) is 14.8. The molecule has 1 aromatic carbocycles. The lowest BCUT2D eigenvalue weighted by molar-refractivity contribution is 0.0556. The number of amides is 1. The van der Waals surface area contributed by atoms with Crippen LogP contribution in [0.2, 0.25) is 0 Å². The number of nitrogens with zero attached hydrogens (tertiary/aromatic N) is 3. The molecular weight excluding hydrogens is 345 g/mol. The van der Waals surface area contributed by atoms with Gasteiger partial charge in [-0.25, -0.2) is 4.39 Å². The second kappa shape index (κ2) is 6.39. The Morgan fingerprint density at radius 2 is 1.81 bits per heavy atom. The standard InChI is InChI=1S/C21H20FN3O2/c22-16-7-5-15(6-8-16)11-25-20-14-23(12-17-3-2-10-27-17)13-19(20)24-9-1-4-18(24)21(25)26/h1-10,19-20H,11-14H2. The highest BCUT2D eigenvalue weighted by molar-refractivity contribution is 5.94. The number of likely N-dealkylation sites (tertiary alicyclic amines) is 1. The first-order valence-corrected chi connectivity index (χ1v) is 9.16. The zero-order valence-corrected chi connectivity index (χ0v) is 14.8. The molecule has 0 N–H and O–H groups in total. The molecule has 27 heavy (non-hydrogen) atoms. The van der Waals surface area contributed by atoms with Crippen molar-refractivity contribution < 1.29 is 13.6 Å². The van der Waals surface area contributed by atoms with E-state index in [-0.39, 0.29) is 23.8 Å². The van der Waals surface area contributed by atoms with Gasteiger partial charge in [-0.2, -0.15) is 0 Å². The summed E-state index contributed by atoms with van der Waals surface area (Å²) in [6.45, 7) is 2.87. The summed E-state index contributed by atoms with van der Waals surface area (Å²) in [6.07, 6.45) is 3.68. The lowest BCUT2D eigenvalue weighted by Crippen LogP contribution is -2.49. The van der Waals surface area contributed by atoms with Crippen molar-refractivity contribution in [2.45, 2.75) is 25.2 Å². The third kappa shape index (κ3) is 2.86. The van der Waals surface area contributed by atoms with Gasteiger partial charge in [0.05, 0.1) is 24.9 Å². The molecule has 5 nitrogen and oxygen atoms in total. The lowest BCUT2D eigenvalue weighted by Gasteiger charge is -2.38. The van der Waals surface area contributed by atoms with E-state index < -0.39 is 0 Å². The first kappa shape index (κ1) is 16.3. The average molecular weight is 365 g/mol. The Balaban J connectivity index is 1.44. The molecule has 0 saturated carbocycles. The molecule has 0 spiro atoms. The predicted molar refractivity (Wildman–Crippen MR) is 97.5 cm³/mol. The molecule has 0 bridgehead atoms. The molecular formula is C21H20FN3O2. The number of fused-ring (bicyclic) bond motifs is 3. The molecule has 1 amide bonds. The highest BCUT2D eigenvalue weighted by Crippen LogP contribution is 2.35. The van der Waals surface area contributed by atoms with Crippen molar-refractivity contribution in [2.24, 2.45) is 0 Å². The largest absolute Gasteiger partial charge is 0.468 e. The second-order valence-electron chi connectivity index (χ2n) is 7.27. The molecule has 2 aliphatic rings. The fourth-order valence-electron chi connectivity index (χ4n) is 4.32. The Morgan fingerprint density at radius 3 is 2.59 bits per heavy atom. The Bertz CT molecular complexity index is 948. The van der Waals surface area contributed by atoms with Gasteiger partial charge in [0.15, 0.2) is 0 Å². The van der Waals surface area contributed by atoms with Crippen molar-refractivity contribution in [1.82, 2.24) is 14.4 Å². The molecule has 138 valence electrons. The first-order valence-electron chi connectivity index (χ1n) is 9.16. The van der Waals surface area contributed by atoms with E-state index in [1.165, 1.54) is 12.1 Å². The molecule has 4 heterocycles. The summed E-state index contributed by atoms with van der Waals surface area (Å²) in [4.78, 5) is 17.4. The maximum absolute atomic E-state index is 13.2. The number of rotatable bonds is 4. The summed E-state index contributed by atoms with van der Waals surface area (Å²) in [6, 6.07) is 14.4. The molecule has 3 aromatic rings. The molecule has 2 aromatic heterocycles. The normalized spacial score (nSPS) is 22.1. The van der Waals surface area contributed by atoms with E-state index in [2.05, 4.69) is 9.47 Å². The molecule has 2 unspecified atom stereocenters. The van der Waals surface area contributed by atoms with Crippen LogP contribution in [0.4, 0.5) is 4.39 Å². The van der Waals surface area contributed by atoms with Gasteiger partial charge in [-0.15, -0.1) is 0 Å². The summed E-state index contributed by atoms with van der Waals surface area (Å²) in [5, 5.41) is 0. The number of benzene rings is 1. The van der Waals surface area contributed by atoms with E-state index in [1.807, 2.05) is 35.4 Å². The van der Waals surface area contributed by atoms with Crippen LogP contribution in [0.5, 0.6) is 0 Å². The molecule has 0 aliphatic carbocycles. The van der Waals surface area contributed by atoms with Crippen molar-refractivity contribution in [3.05, 3.63) is 83.8 Å². The highest BCUT2D eigenvalue weighted by atomic mass is 19.1. The van der Waals surface area contributed by atoms with Crippen molar-refractivity contribution in [3.63, 3.8) is 0 Å². The topological polar surface area (TPSA) is 41.6 Å². The monoisotopic (exact) mass is 365 g/mol. The van der Waals surface area contributed by atoms with Crippen LogP contribution in [-0.4, -0.2) is 39.4 Å². The molecule has 1 saturated heterocycles. The van der Waals surface area contributed by atoms with Crippen LogP contribution >= 0.6 is 0 Å². The molecule has 0 radical (unpaired) electrons. The van der Waals surface area contributed by atoms with Crippen LogP contribution in [0.25, 0.3) is 0 Å². The Hall–Kier alpha value is -2.86. The van der Waals surface area contributed by atoms with Crippen LogP contribution < -0.4 is 0 Å². The SMILES string of the molecule is O=C1c2cccn2C2CN(Cc3ccco3)CC2N1Cc1ccc(F)cc1. The van der Waals surface area contributed by atoms with Crippen LogP contribution in [-0.2, 0) is 13.1 Å². The Morgan fingerprint density at radius 1 is 1.00 bits per heavy atom. The minimum atomic E-state index is -0.263. The van der Waals surface area contributed by atoms with Gasteiger partial charge in [0.1, 0.15) is 17.3 Å². The molecule has 1 fully saturated rings. The third-order valence-corrected chi connectivity index (χ3v) is 5.58. The van der Waals surface area contributed by atoms with Gasteiger partial charge in [0, 0.05) is 25.8 Å².